The van der Waals surface area contributed by atoms with Crippen molar-refractivity contribution in [1.82, 2.24) is 10.2 Å². The number of aryl methyl sites for hydroxylation is 2. The molecule has 0 fully saturated rings. The molecule has 0 saturated carbocycles. The molecule has 1 atom stereocenters. The van der Waals surface area contributed by atoms with E-state index in [9.17, 15) is 9.59 Å². The van der Waals surface area contributed by atoms with Crippen LogP contribution in [0.2, 0.25) is 0 Å². The van der Waals surface area contributed by atoms with Gasteiger partial charge in [-0.05, 0) is 44.2 Å². The Morgan fingerprint density at radius 2 is 2.10 bits per heavy atom. The van der Waals surface area contributed by atoms with Gasteiger partial charge in [-0.3, -0.25) is 4.79 Å². The summed E-state index contributed by atoms with van der Waals surface area (Å²) in [6.07, 6.45) is 1.76. The van der Waals surface area contributed by atoms with Gasteiger partial charge < -0.3 is 15.0 Å². The Balaban J connectivity index is 2.10. The number of benzene rings is 1. The Kier molecular flexibility index (Phi) is 6.82. The molecule has 2 heterocycles. The van der Waals surface area contributed by atoms with Gasteiger partial charge in [-0.1, -0.05) is 48.2 Å². The molecule has 3 rings (SSSR count). The molecule has 0 aliphatic carbocycles. The number of nitrogens with one attached hydrogen (secondary N) is 1. The van der Waals surface area contributed by atoms with E-state index in [1.165, 1.54) is 11.8 Å². The van der Waals surface area contributed by atoms with Crippen molar-refractivity contribution in [3.63, 3.8) is 0 Å². The number of ether oxygens (including phenoxy) is 1. The Bertz CT molecular complexity index is 978. The number of fused-ring (bicyclic) bond motifs is 1. The maximum atomic E-state index is 13.0. The third kappa shape index (κ3) is 4.36. The van der Waals surface area contributed by atoms with Gasteiger partial charge in [0, 0.05) is 12.2 Å². The van der Waals surface area contributed by atoms with Gasteiger partial charge in [0.2, 0.25) is 5.91 Å². The second kappa shape index (κ2) is 9.34. The zero-order chi connectivity index (χ0) is 21.8. The number of esters is 1. The van der Waals surface area contributed by atoms with Gasteiger partial charge in [0.1, 0.15) is 6.61 Å². The molecule has 1 aromatic rings. The number of carbonyl (C=O) groups excluding carboxylic acids is 2. The number of allylic oxidation sites excluding steroid dienone is 1. The van der Waals surface area contributed by atoms with Crippen molar-refractivity contribution in [2.75, 3.05) is 13.2 Å². The van der Waals surface area contributed by atoms with E-state index in [0.717, 1.165) is 27.6 Å². The molecule has 2 aliphatic rings. The van der Waals surface area contributed by atoms with Crippen LogP contribution in [-0.4, -0.2) is 35.1 Å². The first-order valence-electron chi connectivity index (χ1n) is 9.93. The number of hydrogen-bond donors (Lipinski definition) is 1. The minimum Gasteiger partial charge on any atom is -0.458 e. The van der Waals surface area contributed by atoms with E-state index in [4.69, 9.17) is 4.74 Å². The van der Waals surface area contributed by atoms with Crippen LogP contribution in [-0.2, 0) is 14.3 Å². The monoisotopic (exact) mass is 425 g/mol. The molecule has 1 amide bonds. The Morgan fingerprint density at radius 3 is 2.80 bits per heavy atom. The molecule has 30 heavy (non-hydrogen) atoms. The summed E-state index contributed by atoms with van der Waals surface area (Å²) in [6.45, 7) is 12.1. The van der Waals surface area contributed by atoms with Gasteiger partial charge in [0.15, 0.2) is 5.17 Å². The first-order chi connectivity index (χ1) is 14.4. The minimum absolute atomic E-state index is 0.0626. The average Bonchev–Trinajstić information content (AvgIpc) is 3.09. The summed E-state index contributed by atoms with van der Waals surface area (Å²) in [5.41, 5.74) is 5.08. The SMILES string of the molecule is C=CCOC(=O)C1=C(C)N=C2SC=C(CC(=O)NCC)N2C1c1cc(C)ccc1C. The number of amidine groups is 1. The number of aliphatic imine (C=N–C) groups is 1. The van der Waals surface area contributed by atoms with Gasteiger partial charge in [0.25, 0.3) is 0 Å². The fraction of sp³-hybridized carbons (Fsp3) is 0.348. The van der Waals surface area contributed by atoms with Crippen LogP contribution in [0.3, 0.4) is 0 Å². The highest BCUT2D eigenvalue weighted by atomic mass is 32.2. The summed E-state index contributed by atoms with van der Waals surface area (Å²) in [5, 5.41) is 5.55. The predicted molar refractivity (Wildman–Crippen MR) is 121 cm³/mol. The lowest BCUT2D eigenvalue weighted by atomic mass is 9.90. The van der Waals surface area contributed by atoms with Crippen molar-refractivity contribution in [3.8, 4) is 0 Å². The van der Waals surface area contributed by atoms with Crippen LogP contribution in [0.1, 0.15) is 43.0 Å². The lowest BCUT2D eigenvalue weighted by Gasteiger charge is -2.37. The number of hydrogen-bond acceptors (Lipinski definition) is 6. The van der Waals surface area contributed by atoms with E-state index in [-0.39, 0.29) is 18.9 Å². The fourth-order valence-electron chi connectivity index (χ4n) is 3.62. The summed E-state index contributed by atoms with van der Waals surface area (Å²) in [7, 11) is 0. The van der Waals surface area contributed by atoms with Gasteiger partial charge in [-0.25, -0.2) is 9.79 Å². The van der Waals surface area contributed by atoms with E-state index in [0.29, 0.717) is 17.8 Å². The molecular weight excluding hydrogens is 398 g/mol. The zero-order valence-corrected chi connectivity index (χ0v) is 18.6. The van der Waals surface area contributed by atoms with E-state index < -0.39 is 12.0 Å². The summed E-state index contributed by atoms with van der Waals surface area (Å²) < 4.78 is 5.41. The molecule has 0 bridgehead atoms. The Hall–Kier alpha value is -2.80. The number of nitrogens with zero attached hydrogens (tertiary/aromatic N) is 2. The number of carbonyl (C=O) groups is 2. The molecule has 1 N–H and O–H groups in total. The lowest BCUT2D eigenvalue weighted by Crippen LogP contribution is -2.38. The standard InChI is InChI=1S/C23H27N3O3S/c1-6-10-29-22(28)20-16(5)25-23-26(17(13-30-23)12-19(27)24-7-2)21(20)18-11-14(3)8-9-15(18)4/h6,8-9,11,13,21H,1,7,10,12H2,2-5H3,(H,24,27). The maximum Gasteiger partial charge on any atom is 0.338 e. The second-order valence-electron chi connectivity index (χ2n) is 7.27. The van der Waals surface area contributed by atoms with Crippen LogP contribution in [0.25, 0.3) is 0 Å². The van der Waals surface area contributed by atoms with Crippen molar-refractivity contribution >= 4 is 28.8 Å². The number of amides is 1. The van der Waals surface area contributed by atoms with E-state index in [1.54, 1.807) is 6.08 Å². The van der Waals surface area contributed by atoms with Crippen molar-refractivity contribution in [1.29, 1.82) is 0 Å². The molecule has 0 saturated heterocycles. The highest BCUT2D eigenvalue weighted by molar-refractivity contribution is 8.16. The maximum absolute atomic E-state index is 13.0. The van der Waals surface area contributed by atoms with Crippen molar-refractivity contribution < 1.29 is 14.3 Å². The van der Waals surface area contributed by atoms with Gasteiger partial charge in [0.05, 0.1) is 23.7 Å². The second-order valence-corrected chi connectivity index (χ2v) is 8.11. The van der Waals surface area contributed by atoms with Crippen LogP contribution in [0.4, 0.5) is 0 Å². The molecule has 0 radical (unpaired) electrons. The first kappa shape index (κ1) is 21.9. The molecule has 7 heteroatoms. The third-order valence-electron chi connectivity index (χ3n) is 5.00. The van der Waals surface area contributed by atoms with Gasteiger partial charge in [-0.2, -0.15) is 0 Å². The van der Waals surface area contributed by atoms with Crippen molar-refractivity contribution in [2.45, 2.75) is 40.2 Å². The topological polar surface area (TPSA) is 71.0 Å². The predicted octanol–water partition coefficient (Wildman–Crippen LogP) is 4.13. The molecule has 6 nitrogen and oxygen atoms in total. The van der Waals surface area contributed by atoms with Crippen LogP contribution < -0.4 is 5.32 Å². The number of rotatable bonds is 7. The quantitative estimate of drug-likeness (QED) is 0.525. The molecule has 2 aliphatic heterocycles. The first-order valence-corrected chi connectivity index (χ1v) is 10.8. The van der Waals surface area contributed by atoms with Crippen LogP contribution in [0.5, 0.6) is 0 Å². The lowest BCUT2D eigenvalue weighted by molar-refractivity contribution is -0.138. The third-order valence-corrected chi connectivity index (χ3v) is 5.89. The molecular formula is C23H27N3O3S. The smallest absolute Gasteiger partial charge is 0.338 e. The van der Waals surface area contributed by atoms with Gasteiger partial charge in [-0.15, -0.1) is 0 Å². The summed E-state index contributed by atoms with van der Waals surface area (Å²) in [5.74, 6) is -0.484. The summed E-state index contributed by atoms with van der Waals surface area (Å²) in [4.78, 5) is 32.0. The fourth-order valence-corrected chi connectivity index (χ4v) is 4.58. The Labute approximate surface area is 181 Å². The molecule has 1 unspecified atom stereocenters. The van der Waals surface area contributed by atoms with Crippen molar-refractivity contribution in [3.05, 3.63) is 69.9 Å². The largest absolute Gasteiger partial charge is 0.458 e. The van der Waals surface area contributed by atoms with E-state index >= 15 is 0 Å². The molecule has 0 spiro atoms. The van der Waals surface area contributed by atoms with Crippen LogP contribution in [0.15, 0.2) is 58.2 Å². The highest BCUT2D eigenvalue weighted by Crippen LogP contribution is 2.45. The normalized spacial score (nSPS) is 17.9. The zero-order valence-electron chi connectivity index (χ0n) is 17.8. The molecule has 0 aromatic heterocycles. The summed E-state index contributed by atoms with van der Waals surface area (Å²) in [6, 6.07) is 5.77. The van der Waals surface area contributed by atoms with E-state index in [2.05, 4.69) is 29.0 Å². The van der Waals surface area contributed by atoms with Crippen molar-refractivity contribution in [2.24, 2.45) is 4.99 Å². The Morgan fingerprint density at radius 1 is 1.33 bits per heavy atom. The van der Waals surface area contributed by atoms with E-state index in [1.807, 2.05) is 44.1 Å². The average molecular weight is 426 g/mol. The highest BCUT2D eigenvalue weighted by Gasteiger charge is 2.41. The van der Waals surface area contributed by atoms with Crippen LogP contribution in [0, 0.1) is 13.8 Å². The van der Waals surface area contributed by atoms with Crippen LogP contribution >= 0.6 is 11.8 Å². The molecule has 158 valence electrons. The number of thioether (sulfide) groups is 1. The van der Waals surface area contributed by atoms with Gasteiger partial charge >= 0.3 is 5.97 Å². The molecule has 1 aromatic carbocycles. The summed E-state index contributed by atoms with van der Waals surface area (Å²) >= 11 is 1.47. The minimum atomic E-state index is -0.421.